The Hall–Kier alpha value is -1.57. The Morgan fingerprint density at radius 1 is 1.00 bits per heavy atom. The molecule has 0 aliphatic heterocycles. The van der Waals surface area contributed by atoms with E-state index >= 15 is 0 Å². The number of rotatable bonds is 2. The van der Waals surface area contributed by atoms with Crippen molar-refractivity contribution in [1.82, 2.24) is 0 Å². The summed E-state index contributed by atoms with van der Waals surface area (Å²) < 4.78 is 5.62. The van der Waals surface area contributed by atoms with Gasteiger partial charge in [0, 0.05) is 6.92 Å². The molecular weight excluding hydrogens is 356 g/mol. The van der Waals surface area contributed by atoms with Gasteiger partial charge in [-0.2, -0.15) is 0 Å². The summed E-state index contributed by atoms with van der Waals surface area (Å²) in [6, 6.07) is 11.1. The molecule has 5 rings (SSSR count). The van der Waals surface area contributed by atoms with Crippen LogP contribution in [0.5, 0.6) is 0 Å². The van der Waals surface area contributed by atoms with Crippen LogP contribution in [-0.4, -0.2) is 12.1 Å². The number of fused-ring (bicyclic) bond motifs is 5. The Morgan fingerprint density at radius 3 is 2.55 bits per heavy atom. The van der Waals surface area contributed by atoms with Crippen molar-refractivity contribution in [2.24, 2.45) is 34.5 Å². The van der Waals surface area contributed by atoms with Crippen LogP contribution in [0.25, 0.3) is 5.57 Å². The molecule has 29 heavy (non-hydrogen) atoms. The molecule has 0 heterocycles. The second kappa shape index (κ2) is 7.00. The maximum atomic E-state index is 11.5. The van der Waals surface area contributed by atoms with Gasteiger partial charge in [0.05, 0.1) is 0 Å². The van der Waals surface area contributed by atoms with Crippen LogP contribution in [0, 0.1) is 34.5 Å². The monoisotopic (exact) mass is 392 g/mol. The molecule has 0 N–H and O–H groups in total. The van der Waals surface area contributed by atoms with E-state index < -0.39 is 0 Å². The SMILES string of the molecule is CC(=O)OC1CC[C@@]2(C)[C@@H](CC[C@@H]3[C@@H]2CC[C@]2(C)C(c4ccccc4)=CC[C@@H]32)C1. The molecule has 7 atom stereocenters. The Balaban J connectivity index is 1.37. The Morgan fingerprint density at radius 2 is 1.79 bits per heavy atom. The normalized spacial score (nSPS) is 43.6. The van der Waals surface area contributed by atoms with Gasteiger partial charge in [-0.1, -0.05) is 50.3 Å². The summed E-state index contributed by atoms with van der Waals surface area (Å²) in [5.41, 5.74) is 3.85. The third-order valence-electron chi connectivity index (χ3n) is 9.62. The second-order valence-corrected chi connectivity index (χ2v) is 10.8. The highest BCUT2D eigenvalue weighted by Crippen LogP contribution is 2.67. The third kappa shape index (κ3) is 3.01. The van der Waals surface area contributed by atoms with Crippen molar-refractivity contribution < 1.29 is 9.53 Å². The summed E-state index contributed by atoms with van der Waals surface area (Å²) in [6.07, 6.45) is 12.8. The maximum absolute atomic E-state index is 11.5. The van der Waals surface area contributed by atoms with E-state index in [1.165, 1.54) is 44.1 Å². The molecule has 2 nitrogen and oxygen atoms in total. The van der Waals surface area contributed by atoms with Crippen LogP contribution < -0.4 is 0 Å². The number of esters is 1. The standard InChI is InChI=1S/C27H36O2/c1-18(28)29-21-13-15-26(2)20(17-21)9-10-22-24-12-11-23(19-7-5-4-6-8-19)27(24,3)16-14-25(22)26/h4-8,11,20-22,24-25H,9-10,12-17H2,1-3H3/t20-,21?,22-,24-,25-,26-,27+/m0/s1. The van der Waals surface area contributed by atoms with Gasteiger partial charge in [-0.15, -0.1) is 0 Å². The Labute approximate surface area is 176 Å². The summed E-state index contributed by atoms with van der Waals surface area (Å²) in [5, 5.41) is 0. The average molecular weight is 393 g/mol. The van der Waals surface area contributed by atoms with Crippen molar-refractivity contribution in [1.29, 1.82) is 0 Å². The molecule has 4 aliphatic carbocycles. The zero-order valence-corrected chi connectivity index (χ0v) is 18.3. The molecule has 156 valence electrons. The first kappa shape index (κ1) is 19.4. The molecule has 0 radical (unpaired) electrons. The first-order valence-electron chi connectivity index (χ1n) is 11.8. The molecule has 3 saturated carbocycles. The van der Waals surface area contributed by atoms with Gasteiger partial charge in [0.15, 0.2) is 0 Å². The zero-order chi connectivity index (χ0) is 20.2. The number of hydrogen-bond donors (Lipinski definition) is 0. The molecule has 4 aliphatic rings. The molecular formula is C27H36O2. The lowest BCUT2D eigenvalue weighted by Gasteiger charge is -2.60. The number of benzene rings is 1. The van der Waals surface area contributed by atoms with Crippen LogP contribution in [0.4, 0.5) is 0 Å². The third-order valence-corrected chi connectivity index (χ3v) is 9.62. The number of allylic oxidation sites excluding steroid dienone is 2. The van der Waals surface area contributed by atoms with E-state index in [0.29, 0.717) is 10.8 Å². The molecule has 1 aromatic rings. The van der Waals surface area contributed by atoms with Gasteiger partial charge in [-0.25, -0.2) is 0 Å². The lowest BCUT2D eigenvalue weighted by molar-refractivity contribution is -0.158. The largest absolute Gasteiger partial charge is 0.463 e. The summed E-state index contributed by atoms with van der Waals surface area (Å²) in [7, 11) is 0. The fourth-order valence-electron chi connectivity index (χ4n) is 8.19. The molecule has 0 amide bonds. The number of ether oxygens (including phenoxy) is 1. The zero-order valence-electron chi connectivity index (χ0n) is 18.3. The van der Waals surface area contributed by atoms with Crippen molar-refractivity contribution in [2.75, 3.05) is 0 Å². The lowest BCUT2D eigenvalue weighted by Crippen LogP contribution is -2.53. The van der Waals surface area contributed by atoms with Gasteiger partial charge >= 0.3 is 5.97 Å². The Bertz CT molecular complexity index is 811. The summed E-state index contributed by atoms with van der Waals surface area (Å²) in [5.74, 6) is 3.14. The average Bonchev–Trinajstić information content (AvgIpc) is 3.06. The number of hydrogen-bond acceptors (Lipinski definition) is 2. The second-order valence-electron chi connectivity index (χ2n) is 10.8. The highest BCUT2D eigenvalue weighted by atomic mass is 16.5. The summed E-state index contributed by atoms with van der Waals surface area (Å²) in [6.45, 7) is 6.71. The van der Waals surface area contributed by atoms with Crippen LogP contribution in [0.2, 0.25) is 0 Å². The molecule has 0 bridgehead atoms. The van der Waals surface area contributed by atoms with Crippen LogP contribution in [0.3, 0.4) is 0 Å². The molecule has 0 aromatic heterocycles. The van der Waals surface area contributed by atoms with Crippen molar-refractivity contribution in [3.63, 3.8) is 0 Å². The molecule has 2 heteroatoms. The lowest BCUT2D eigenvalue weighted by atomic mass is 9.44. The van der Waals surface area contributed by atoms with Gasteiger partial charge in [0.2, 0.25) is 0 Å². The predicted molar refractivity (Wildman–Crippen MR) is 117 cm³/mol. The van der Waals surface area contributed by atoms with Gasteiger partial charge < -0.3 is 4.74 Å². The highest BCUT2D eigenvalue weighted by Gasteiger charge is 2.58. The van der Waals surface area contributed by atoms with Gasteiger partial charge in [-0.3, -0.25) is 4.79 Å². The minimum Gasteiger partial charge on any atom is -0.463 e. The number of carbonyl (C=O) groups is 1. The van der Waals surface area contributed by atoms with Gasteiger partial charge in [0.1, 0.15) is 6.10 Å². The topological polar surface area (TPSA) is 26.3 Å². The fourth-order valence-corrected chi connectivity index (χ4v) is 8.19. The van der Waals surface area contributed by atoms with E-state index in [1.54, 1.807) is 12.5 Å². The highest BCUT2D eigenvalue weighted by molar-refractivity contribution is 5.72. The van der Waals surface area contributed by atoms with Crippen molar-refractivity contribution in [3.8, 4) is 0 Å². The van der Waals surface area contributed by atoms with Crippen molar-refractivity contribution >= 4 is 11.5 Å². The molecule has 1 unspecified atom stereocenters. The fraction of sp³-hybridized carbons (Fsp3) is 0.667. The minimum atomic E-state index is -0.105. The molecule has 1 aromatic carbocycles. The maximum Gasteiger partial charge on any atom is 0.302 e. The van der Waals surface area contributed by atoms with Crippen molar-refractivity contribution in [3.05, 3.63) is 42.0 Å². The first-order chi connectivity index (χ1) is 13.9. The predicted octanol–water partition coefficient (Wildman–Crippen LogP) is 6.65. The Kier molecular flexibility index (Phi) is 4.68. The molecule has 3 fully saturated rings. The van der Waals surface area contributed by atoms with Gasteiger partial charge in [-0.05, 0) is 97.0 Å². The van der Waals surface area contributed by atoms with Crippen LogP contribution >= 0.6 is 0 Å². The van der Waals surface area contributed by atoms with E-state index in [0.717, 1.165) is 36.5 Å². The van der Waals surface area contributed by atoms with E-state index in [1.807, 2.05) is 0 Å². The van der Waals surface area contributed by atoms with Crippen LogP contribution in [0.1, 0.15) is 77.7 Å². The van der Waals surface area contributed by atoms with E-state index in [-0.39, 0.29) is 12.1 Å². The molecule has 0 spiro atoms. The molecule has 0 saturated heterocycles. The van der Waals surface area contributed by atoms with Crippen LogP contribution in [0.15, 0.2) is 36.4 Å². The quantitative estimate of drug-likeness (QED) is 0.526. The van der Waals surface area contributed by atoms with E-state index in [4.69, 9.17) is 4.74 Å². The van der Waals surface area contributed by atoms with E-state index in [2.05, 4.69) is 50.3 Å². The van der Waals surface area contributed by atoms with E-state index in [9.17, 15) is 4.79 Å². The smallest absolute Gasteiger partial charge is 0.302 e. The summed E-state index contributed by atoms with van der Waals surface area (Å²) >= 11 is 0. The van der Waals surface area contributed by atoms with Gasteiger partial charge in [0.25, 0.3) is 0 Å². The summed E-state index contributed by atoms with van der Waals surface area (Å²) in [4.78, 5) is 11.5. The van der Waals surface area contributed by atoms with Crippen LogP contribution in [-0.2, 0) is 9.53 Å². The number of carbonyl (C=O) groups excluding carboxylic acids is 1. The van der Waals surface area contributed by atoms with Crippen molar-refractivity contribution in [2.45, 2.75) is 78.2 Å². The minimum absolute atomic E-state index is 0.105. The first-order valence-corrected chi connectivity index (χ1v) is 11.8.